The van der Waals surface area contributed by atoms with Crippen LogP contribution in [0.3, 0.4) is 0 Å². The van der Waals surface area contributed by atoms with Crippen LogP contribution in [0.25, 0.3) is 0 Å². The van der Waals surface area contributed by atoms with E-state index < -0.39 is 5.79 Å². The Labute approximate surface area is 129 Å². The number of carbonyl (C=O) groups excluding carboxylic acids is 1. The van der Waals surface area contributed by atoms with Gasteiger partial charge in [-0.05, 0) is 6.42 Å². The Kier molecular flexibility index (Phi) is 4.46. The molecule has 0 bridgehead atoms. The molecule has 7 nitrogen and oxygen atoms in total. The van der Waals surface area contributed by atoms with Gasteiger partial charge in [0.25, 0.3) is 5.91 Å². The third-order valence-corrected chi connectivity index (χ3v) is 4.28. The summed E-state index contributed by atoms with van der Waals surface area (Å²) in [7, 11) is 0. The van der Waals surface area contributed by atoms with Gasteiger partial charge in [0.1, 0.15) is 6.26 Å². The van der Waals surface area contributed by atoms with Crippen molar-refractivity contribution in [2.24, 2.45) is 5.73 Å². The predicted octanol–water partition coefficient (Wildman–Crippen LogP) is 1.45. The summed E-state index contributed by atoms with van der Waals surface area (Å²) >= 11 is 0. The highest BCUT2D eigenvalue weighted by Crippen LogP contribution is 2.31. The van der Waals surface area contributed by atoms with Crippen molar-refractivity contribution in [1.82, 2.24) is 9.88 Å². The maximum atomic E-state index is 12.5. The van der Waals surface area contributed by atoms with E-state index in [1.54, 1.807) is 4.90 Å². The number of hydrogen-bond donors (Lipinski definition) is 1. The van der Waals surface area contributed by atoms with Crippen molar-refractivity contribution < 1.29 is 18.7 Å². The van der Waals surface area contributed by atoms with Crippen LogP contribution in [-0.4, -0.2) is 47.9 Å². The fraction of sp³-hybridized carbons (Fsp3) is 0.733. The van der Waals surface area contributed by atoms with Crippen molar-refractivity contribution in [3.8, 4) is 0 Å². The van der Waals surface area contributed by atoms with E-state index in [4.69, 9.17) is 19.6 Å². The number of amides is 1. The average Bonchev–Trinajstić information content (AvgIpc) is 3.18. The maximum absolute atomic E-state index is 12.5. The summed E-state index contributed by atoms with van der Waals surface area (Å²) < 4.78 is 16.7. The van der Waals surface area contributed by atoms with Crippen LogP contribution in [0, 0.1) is 0 Å². The summed E-state index contributed by atoms with van der Waals surface area (Å²) in [5.41, 5.74) is 6.29. The Bertz CT molecular complexity index is 515. The molecule has 2 fully saturated rings. The molecule has 1 aromatic heterocycles. The second-order valence-corrected chi connectivity index (χ2v) is 5.87. The summed E-state index contributed by atoms with van der Waals surface area (Å²) in [6.07, 6.45) is 4.52. The second-order valence-electron chi connectivity index (χ2n) is 5.87. The average molecular weight is 309 g/mol. The number of ether oxygens (including phenoxy) is 2. The molecule has 1 atom stereocenters. The van der Waals surface area contributed by atoms with Gasteiger partial charge in [-0.3, -0.25) is 4.79 Å². The molecule has 7 heteroatoms. The van der Waals surface area contributed by atoms with Gasteiger partial charge in [0.15, 0.2) is 11.5 Å². The van der Waals surface area contributed by atoms with Gasteiger partial charge in [0, 0.05) is 25.9 Å². The Hall–Kier alpha value is -1.44. The third-order valence-electron chi connectivity index (χ3n) is 4.28. The number of nitrogens with two attached hydrogens (primary N) is 1. The molecule has 1 amide bonds. The molecule has 2 saturated heterocycles. The number of aromatic nitrogens is 1. The van der Waals surface area contributed by atoms with E-state index in [0.717, 1.165) is 12.8 Å². The number of piperidine rings is 1. The van der Waals surface area contributed by atoms with E-state index in [1.807, 2.05) is 6.92 Å². The van der Waals surface area contributed by atoms with Crippen molar-refractivity contribution in [1.29, 1.82) is 0 Å². The topological polar surface area (TPSA) is 90.8 Å². The zero-order chi connectivity index (χ0) is 15.6. The fourth-order valence-corrected chi connectivity index (χ4v) is 2.99. The Balaban J connectivity index is 1.60. The van der Waals surface area contributed by atoms with E-state index in [-0.39, 0.29) is 11.9 Å². The number of hydrogen-bond acceptors (Lipinski definition) is 6. The molecule has 2 aliphatic heterocycles. The highest BCUT2D eigenvalue weighted by atomic mass is 16.7. The lowest BCUT2D eigenvalue weighted by Gasteiger charge is -2.37. The Morgan fingerprint density at radius 2 is 2.09 bits per heavy atom. The van der Waals surface area contributed by atoms with Crippen LogP contribution in [0.4, 0.5) is 0 Å². The summed E-state index contributed by atoms with van der Waals surface area (Å²) in [4.78, 5) is 18.5. The van der Waals surface area contributed by atoms with E-state index in [9.17, 15) is 4.79 Å². The van der Waals surface area contributed by atoms with Crippen molar-refractivity contribution in [3.63, 3.8) is 0 Å². The molecule has 22 heavy (non-hydrogen) atoms. The van der Waals surface area contributed by atoms with E-state index in [0.29, 0.717) is 50.7 Å². The van der Waals surface area contributed by atoms with Gasteiger partial charge in [-0.2, -0.15) is 0 Å². The van der Waals surface area contributed by atoms with Gasteiger partial charge in [0.05, 0.1) is 19.3 Å². The van der Waals surface area contributed by atoms with E-state index in [2.05, 4.69) is 4.98 Å². The maximum Gasteiger partial charge on any atom is 0.275 e. The van der Waals surface area contributed by atoms with Gasteiger partial charge in [-0.25, -0.2) is 4.98 Å². The molecule has 0 aromatic carbocycles. The van der Waals surface area contributed by atoms with E-state index in [1.165, 1.54) is 6.26 Å². The first kappa shape index (κ1) is 15.5. The van der Waals surface area contributed by atoms with Gasteiger partial charge in [0.2, 0.25) is 5.89 Å². The summed E-state index contributed by atoms with van der Waals surface area (Å²) in [5, 5.41) is 0. The van der Waals surface area contributed by atoms with Gasteiger partial charge < -0.3 is 24.5 Å². The highest BCUT2D eigenvalue weighted by molar-refractivity contribution is 5.92. The molecule has 3 rings (SSSR count). The van der Waals surface area contributed by atoms with Gasteiger partial charge in [-0.15, -0.1) is 0 Å². The van der Waals surface area contributed by atoms with Crippen LogP contribution in [0.2, 0.25) is 0 Å². The minimum absolute atomic E-state index is 0.119. The van der Waals surface area contributed by atoms with Crippen molar-refractivity contribution in [2.75, 3.05) is 26.3 Å². The minimum Gasteiger partial charge on any atom is -0.446 e. The van der Waals surface area contributed by atoms with Gasteiger partial charge >= 0.3 is 0 Å². The first-order valence-electron chi connectivity index (χ1n) is 7.92. The highest BCUT2D eigenvalue weighted by Gasteiger charge is 2.41. The molecule has 0 aliphatic carbocycles. The molecule has 1 unspecified atom stereocenters. The number of rotatable bonds is 4. The lowest BCUT2D eigenvalue weighted by atomic mass is 10.0. The summed E-state index contributed by atoms with van der Waals surface area (Å²) in [6.45, 7) is 4.52. The van der Waals surface area contributed by atoms with Crippen LogP contribution < -0.4 is 5.73 Å². The molecule has 2 aliphatic rings. The van der Waals surface area contributed by atoms with E-state index >= 15 is 0 Å². The van der Waals surface area contributed by atoms with Crippen molar-refractivity contribution in [3.05, 3.63) is 17.8 Å². The lowest BCUT2D eigenvalue weighted by Crippen LogP contribution is -2.47. The predicted molar refractivity (Wildman–Crippen MR) is 78.1 cm³/mol. The van der Waals surface area contributed by atoms with Crippen LogP contribution in [0.15, 0.2) is 10.7 Å². The van der Waals surface area contributed by atoms with Gasteiger partial charge in [-0.1, -0.05) is 13.3 Å². The SMILES string of the molecule is CCCC(N)c1nc(C(=O)N2CCC3(CC2)OCCO3)co1. The lowest BCUT2D eigenvalue weighted by molar-refractivity contribution is -0.181. The third kappa shape index (κ3) is 3.02. The Morgan fingerprint density at radius 3 is 2.73 bits per heavy atom. The number of likely N-dealkylation sites (tertiary alicyclic amines) is 1. The molecular weight excluding hydrogens is 286 g/mol. The molecular formula is C15H23N3O4. The largest absolute Gasteiger partial charge is 0.446 e. The first-order chi connectivity index (χ1) is 10.6. The van der Waals surface area contributed by atoms with Crippen LogP contribution in [0.5, 0.6) is 0 Å². The van der Waals surface area contributed by atoms with Crippen molar-refractivity contribution in [2.45, 2.75) is 44.4 Å². The zero-order valence-corrected chi connectivity index (χ0v) is 12.9. The summed E-state index contributed by atoms with van der Waals surface area (Å²) in [5.74, 6) is -0.164. The number of carbonyl (C=O) groups is 1. The Morgan fingerprint density at radius 1 is 1.41 bits per heavy atom. The minimum atomic E-state index is -0.477. The molecule has 122 valence electrons. The zero-order valence-electron chi connectivity index (χ0n) is 12.9. The first-order valence-corrected chi connectivity index (χ1v) is 7.92. The molecule has 1 spiro atoms. The van der Waals surface area contributed by atoms with Crippen LogP contribution >= 0.6 is 0 Å². The quantitative estimate of drug-likeness (QED) is 0.905. The monoisotopic (exact) mass is 309 g/mol. The molecule has 3 heterocycles. The number of oxazole rings is 1. The normalized spacial score (nSPS) is 22.2. The summed E-state index contributed by atoms with van der Waals surface area (Å²) in [6, 6.07) is -0.253. The number of nitrogens with zero attached hydrogens (tertiary/aromatic N) is 2. The standard InChI is InChI=1S/C15H23N3O4/c1-2-3-11(16)13-17-12(10-20-13)14(19)18-6-4-15(5-7-18)21-8-9-22-15/h10-11H,2-9,16H2,1H3. The molecule has 0 saturated carbocycles. The molecule has 2 N–H and O–H groups in total. The smallest absolute Gasteiger partial charge is 0.275 e. The fourth-order valence-electron chi connectivity index (χ4n) is 2.99. The molecule has 1 aromatic rings. The van der Waals surface area contributed by atoms with Crippen LogP contribution in [0.1, 0.15) is 55.0 Å². The van der Waals surface area contributed by atoms with Crippen LogP contribution in [-0.2, 0) is 9.47 Å². The molecule has 0 radical (unpaired) electrons. The van der Waals surface area contributed by atoms with Crippen molar-refractivity contribution >= 4 is 5.91 Å². The second kappa shape index (κ2) is 6.36.